The smallest absolute Gasteiger partial charge is 0.166 e. The molecule has 1 aromatic carbocycles. The maximum atomic E-state index is 12.4. The minimum atomic E-state index is 0.0936. The highest BCUT2D eigenvalue weighted by Gasteiger charge is 2.27. The van der Waals surface area contributed by atoms with E-state index < -0.39 is 0 Å². The van der Waals surface area contributed by atoms with E-state index in [1.165, 1.54) is 5.56 Å². The van der Waals surface area contributed by atoms with Crippen molar-refractivity contribution in [3.05, 3.63) is 56.7 Å². The van der Waals surface area contributed by atoms with E-state index in [2.05, 4.69) is 6.07 Å². The third-order valence-corrected chi connectivity index (χ3v) is 4.95. The summed E-state index contributed by atoms with van der Waals surface area (Å²) < 4.78 is 0. The molecule has 0 aliphatic heterocycles. The van der Waals surface area contributed by atoms with Crippen LogP contribution in [0.5, 0.6) is 0 Å². The average Bonchev–Trinajstić information content (AvgIpc) is 2.79. The molecule has 0 amide bonds. The summed E-state index contributed by atoms with van der Waals surface area (Å²) in [7, 11) is 0. The average molecular weight is 277 g/mol. The molecule has 1 nitrogen and oxygen atoms in total. The van der Waals surface area contributed by atoms with Gasteiger partial charge in [-0.2, -0.15) is 0 Å². The van der Waals surface area contributed by atoms with Crippen LogP contribution >= 0.6 is 22.9 Å². The number of hydrogen-bond acceptors (Lipinski definition) is 2. The van der Waals surface area contributed by atoms with E-state index in [0.717, 1.165) is 34.7 Å². The lowest BCUT2D eigenvalue weighted by Crippen LogP contribution is -2.24. The first-order valence-corrected chi connectivity index (χ1v) is 7.35. The van der Waals surface area contributed by atoms with Crippen molar-refractivity contribution in [1.82, 2.24) is 0 Å². The predicted molar refractivity (Wildman–Crippen MR) is 75.6 cm³/mol. The van der Waals surface area contributed by atoms with Gasteiger partial charge in [-0.3, -0.25) is 4.79 Å². The maximum absolute atomic E-state index is 12.4. The van der Waals surface area contributed by atoms with Gasteiger partial charge in [0.25, 0.3) is 0 Å². The molecule has 18 heavy (non-hydrogen) atoms. The summed E-state index contributed by atoms with van der Waals surface area (Å²) in [6, 6.07) is 9.85. The number of rotatable bonds is 2. The Bertz CT molecular complexity index is 588. The fourth-order valence-electron chi connectivity index (χ4n) is 2.55. The standard InChI is InChI=1S/C15H13ClOS/c16-13-7-8-18-14(13)9-11-6-5-10-3-1-2-4-12(10)15(11)17/h1-4,7-8,11H,5-6,9H2. The van der Waals surface area contributed by atoms with Gasteiger partial charge in [0.1, 0.15) is 0 Å². The Morgan fingerprint density at radius 1 is 1.28 bits per heavy atom. The van der Waals surface area contributed by atoms with Crippen molar-refractivity contribution in [2.24, 2.45) is 5.92 Å². The number of thiophene rings is 1. The van der Waals surface area contributed by atoms with Gasteiger partial charge >= 0.3 is 0 Å². The van der Waals surface area contributed by atoms with E-state index in [4.69, 9.17) is 11.6 Å². The van der Waals surface area contributed by atoms with E-state index in [9.17, 15) is 4.79 Å². The third-order valence-electron chi connectivity index (χ3n) is 3.54. The molecular formula is C15H13ClOS. The zero-order valence-electron chi connectivity index (χ0n) is 9.86. The Labute approximate surface area is 115 Å². The van der Waals surface area contributed by atoms with Crippen LogP contribution in [0, 0.1) is 5.92 Å². The van der Waals surface area contributed by atoms with Crippen molar-refractivity contribution in [2.75, 3.05) is 0 Å². The van der Waals surface area contributed by atoms with Crippen LogP contribution in [0.1, 0.15) is 27.2 Å². The molecule has 92 valence electrons. The summed E-state index contributed by atoms with van der Waals surface area (Å²) in [5, 5.41) is 2.78. The van der Waals surface area contributed by atoms with Gasteiger partial charge in [0.05, 0.1) is 5.02 Å². The van der Waals surface area contributed by atoms with Crippen LogP contribution in [0.15, 0.2) is 35.7 Å². The third kappa shape index (κ3) is 2.11. The molecule has 0 fully saturated rings. The fraction of sp³-hybridized carbons (Fsp3) is 0.267. The number of benzene rings is 1. The van der Waals surface area contributed by atoms with Crippen LogP contribution in [-0.4, -0.2) is 5.78 Å². The van der Waals surface area contributed by atoms with E-state index in [-0.39, 0.29) is 11.7 Å². The van der Waals surface area contributed by atoms with Crippen LogP contribution in [0.2, 0.25) is 5.02 Å². The molecule has 0 bridgehead atoms. The number of fused-ring (bicyclic) bond motifs is 1. The largest absolute Gasteiger partial charge is 0.294 e. The van der Waals surface area contributed by atoms with Crippen molar-refractivity contribution < 1.29 is 4.79 Å². The number of halogens is 1. The zero-order valence-corrected chi connectivity index (χ0v) is 11.4. The molecule has 1 unspecified atom stereocenters. The van der Waals surface area contributed by atoms with E-state index in [0.29, 0.717) is 0 Å². The minimum absolute atomic E-state index is 0.0936. The van der Waals surface area contributed by atoms with Crippen molar-refractivity contribution >= 4 is 28.7 Å². The van der Waals surface area contributed by atoms with Crippen LogP contribution in [0.25, 0.3) is 0 Å². The monoisotopic (exact) mass is 276 g/mol. The van der Waals surface area contributed by atoms with E-state index >= 15 is 0 Å². The molecule has 1 aromatic heterocycles. The lowest BCUT2D eigenvalue weighted by atomic mass is 9.81. The normalized spacial score (nSPS) is 18.7. The van der Waals surface area contributed by atoms with E-state index in [1.807, 2.05) is 29.6 Å². The first-order chi connectivity index (χ1) is 8.75. The highest BCUT2D eigenvalue weighted by molar-refractivity contribution is 7.10. The number of ketones is 1. The van der Waals surface area contributed by atoms with Gasteiger partial charge < -0.3 is 0 Å². The molecule has 0 saturated carbocycles. The van der Waals surface area contributed by atoms with Gasteiger partial charge in [-0.25, -0.2) is 0 Å². The number of carbonyl (C=O) groups excluding carboxylic acids is 1. The van der Waals surface area contributed by atoms with Crippen molar-refractivity contribution in [3.63, 3.8) is 0 Å². The summed E-state index contributed by atoms with van der Waals surface area (Å²) in [6.45, 7) is 0. The zero-order chi connectivity index (χ0) is 12.5. The van der Waals surface area contributed by atoms with Crippen LogP contribution in [0.4, 0.5) is 0 Å². The highest BCUT2D eigenvalue weighted by atomic mass is 35.5. The summed E-state index contributed by atoms with van der Waals surface area (Å²) in [5.74, 6) is 0.373. The Morgan fingerprint density at radius 3 is 2.89 bits per heavy atom. The molecule has 0 saturated heterocycles. The topological polar surface area (TPSA) is 17.1 Å². The van der Waals surface area contributed by atoms with Gasteiger partial charge in [-0.15, -0.1) is 11.3 Å². The SMILES string of the molecule is O=C1c2ccccc2CCC1Cc1sccc1Cl. The summed E-state index contributed by atoms with van der Waals surface area (Å²) in [5.41, 5.74) is 2.09. The van der Waals surface area contributed by atoms with Crippen molar-refractivity contribution in [3.8, 4) is 0 Å². The molecule has 3 heteroatoms. The molecule has 0 spiro atoms. The molecule has 1 atom stereocenters. The quantitative estimate of drug-likeness (QED) is 0.795. The first kappa shape index (κ1) is 11.9. The summed E-state index contributed by atoms with van der Waals surface area (Å²) in [4.78, 5) is 13.5. The second-order valence-electron chi connectivity index (χ2n) is 4.65. The van der Waals surface area contributed by atoms with Crippen molar-refractivity contribution in [2.45, 2.75) is 19.3 Å². The van der Waals surface area contributed by atoms with Crippen LogP contribution < -0.4 is 0 Å². The molecule has 3 rings (SSSR count). The Kier molecular flexibility index (Phi) is 3.23. The molecule has 0 N–H and O–H groups in total. The second kappa shape index (κ2) is 4.87. The molecule has 1 aliphatic carbocycles. The number of hydrogen-bond donors (Lipinski definition) is 0. The Hall–Kier alpha value is -1.12. The van der Waals surface area contributed by atoms with Crippen LogP contribution in [0.3, 0.4) is 0 Å². The summed E-state index contributed by atoms with van der Waals surface area (Å²) in [6.07, 6.45) is 2.71. The molecule has 1 aliphatic rings. The first-order valence-electron chi connectivity index (χ1n) is 6.09. The fourth-order valence-corrected chi connectivity index (χ4v) is 3.74. The molecule has 1 heterocycles. The lowest BCUT2D eigenvalue weighted by molar-refractivity contribution is 0.0902. The number of Topliss-reactive ketones (excluding diaryl/α,β-unsaturated/α-hetero) is 1. The lowest BCUT2D eigenvalue weighted by Gasteiger charge is -2.22. The van der Waals surface area contributed by atoms with Gasteiger partial charge in [0.15, 0.2) is 5.78 Å². The second-order valence-corrected chi connectivity index (χ2v) is 6.06. The van der Waals surface area contributed by atoms with Crippen LogP contribution in [-0.2, 0) is 12.8 Å². The number of carbonyl (C=O) groups is 1. The maximum Gasteiger partial charge on any atom is 0.166 e. The molecule has 0 radical (unpaired) electrons. The number of aryl methyl sites for hydroxylation is 1. The molecular weight excluding hydrogens is 264 g/mol. The Balaban J connectivity index is 1.85. The molecule has 2 aromatic rings. The summed E-state index contributed by atoms with van der Waals surface area (Å²) >= 11 is 7.75. The Morgan fingerprint density at radius 2 is 2.11 bits per heavy atom. The minimum Gasteiger partial charge on any atom is -0.294 e. The van der Waals surface area contributed by atoms with Crippen molar-refractivity contribution in [1.29, 1.82) is 0 Å². The van der Waals surface area contributed by atoms with Gasteiger partial charge in [-0.1, -0.05) is 35.9 Å². The highest BCUT2D eigenvalue weighted by Crippen LogP contribution is 2.31. The van der Waals surface area contributed by atoms with Gasteiger partial charge in [-0.05, 0) is 36.3 Å². The van der Waals surface area contributed by atoms with Gasteiger partial charge in [0.2, 0.25) is 0 Å². The predicted octanol–water partition coefficient (Wildman–Crippen LogP) is 4.39. The van der Waals surface area contributed by atoms with E-state index in [1.54, 1.807) is 11.3 Å². The van der Waals surface area contributed by atoms with Gasteiger partial charge in [0, 0.05) is 16.4 Å².